The van der Waals surface area contributed by atoms with E-state index in [1.807, 2.05) is 12.1 Å². The Kier molecular flexibility index (Phi) is 3.04. The monoisotopic (exact) mass is 220 g/mol. The van der Waals surface area contributed by atoms with Crippen LogP contribution in [0.2, 0.25) is 0 Å². The minimum absolute atomic E-state index is 0.104. The second-order valence-electron chi connectivity index (χ2n) is 5.13. The molecule has 1 aromatic carbocycles. The summed E-state index contributed by atoms with van der Waals surface area (Å²) in [7, 11) is 0. The Morgan fingerprint density at radius 1 is 1.25 bits per heavy atom. The first-order valence-corrected chi connectivity index (χ1v) is 5.94. The Labute approximate surface area is 97.3 Å². The van der Waals surface area contributed by atoms with Gasteiger partial charge in [-0.15, -0.1) is 0 Å². The van der Waals surface area contributed by atoms with Gasteiger partial charge in [-0.3, -0.25) is 0 Å². The number of benzene rings is 1. The van der Waals surface area contributed by atoms with Gasteiger partial charge in [-0.05, 0) is 17.5 Å². The van der Waals surface area contributed by atoms with Crippen molar-refractivity contribution in [2.24, 2.45) is 5.41 Å². The lowest BCUT2D eigenvalue weighted by Crippen LogP contribution is -2.49. The largest absolute Gasteiger partial charge is 0.392 e. The minimum Gasteiger partial charge on any atom is -0.392 e. The van der Waals surface area contributed by atoms with Crippen molar-refractivity contribution in [3.63, 3.8) is 0 Å². The summed E-state index contributed by atoms with van der Waals surface area (Å²) >= 11 is 0. The van der Waals surface area contributed by atoms with E-state index in [1.54, 1.807) is 0 Å². The molecule has 2 heteroatoms. The van der Waals surface area contributed by atoms with Crippen LogP contribution in [0.5, 0.6) is 0 Å². The van der Waals surface area contributed by atoms with E-state index in [2.05, 4.69) is 32.9 Å². The molecule has 0 bridgehead atoms. The van der Waals surface area contributed by atoms with Crippen LogP contribution in [0.15, 0.2) is 24.3 Å². The highest BCUT2D eigenvalue weighted by Crippen LogP contribution is 2.52. The first-order valence-electron chi connectivity index (χ1n) is 5.94. The van der Waals surface area contributed by atoms with Crippen molar-refractivity contribution in [1.82, 2.24) is 0 Å². The van der Waals surface area contributed by atoms with Crippen molar-refractivity contribution in [3.8, 4) is 0 Å². The topological polar surface area (TPSA) is 29.5 Å². The summed E-state index contributed by atoms with van der Waals surface area (Å²) in [6.45, 7) is 6.79. The van der Waals surface area contributed by atoms with Gasteiger partial charge in [-0.2, -0.15) is 0 Å². The zero-order valence-electron chi connectivity index (χ0n) is 10.2. The molecule has 0 amide bonds. The quantitative estimate of drug-likeness (QED) is 0.848. The molecule has 2 nitrogen and oxygen atoms in total. The highest BCUT2D eigenvalue weighted by atomic mass is 16.5. The van der Waals surface area contributed by atoms with E-state index in [0.29, 0.717) is 6.10 Å². The molecule has 1 saturated heterocycles. The maximum absolute atomic E-state index is 8.99. The molecule has 1 aliphatic rings. The highest BCUT2D eigenvalue weighted by molar-refractivity contribution is 5.27. The molecule has 2 atom stereocenters. The van der Waals surface area contributed by atoms with Crippen LogP contribution in [0.1, 0.15) is 44.4 Å². The van der Waals surface area contributed by atoms with Gasteiger partial charge in [-0.1, -0.05) is 45.0 Å². The zero-order chi connectivity index (χ0) is 11.8. The lowest BCUT2D eigenvalue weighted by molar-refractivity contribution is -0.239. The minimum atomic E-state index is 0.104. The van der Waals surface area contributed by atoms with Gasteiger partial charge >= 0.3 is 0 Å². The van der Waals surface area contributed by atoms with Crippen LogP contribution in [0, 0.1) is 5.41 Å². The summed E-state index contributed by atoms with van der Waals surface area (Å²) < 4.78 is 5.90. The molecule has 2 unspecified atom stereocenters. The molecule has 1 fully saturated rings. The van der Waals surface area contributed by atoms with Crippen molar-refractivity contribution in [2.45, 2.75) is 46.0 Å². The van der Waals surface area contributed by atoms with Gasteiger partial charge in [0.2, 0.25) is 0 Å². The summed E-state index contributed by atoms with van der Waals surface area (Å²) in [4.78, 5) is 0. The molecule has 0 saturated carbocycles. The number of aliphatic hydroxyl groups excluding tert-OH is 1. The summed E-state index contributed by atoms with van der Waals surface area (Å²) in [5, 5.41) is 8.99. The van der Waals surface area contributed by atoms with E-state index in [4.69, 9.17) is 9.84 Å². The summed E-state index contributed by atoms with van der Waals surface area (Å²) in [5.41, 5.74) is 2.38. The van der Waals surface area contributed by atoms with Gasteiger partial charge in [0, 0.05) is 5.41 Å². The Morgan fingerprint density at radius 3 is 2.31 bits per heavy atom. The average Bonchev–Trinajstić information content (AvgIpc) is 2.29. The van der Waals surface area contributed by atoms with Crippen LogP contribution in [-0.4, -0.2) is 11.2 Å². The summed E-state index contributed by atoms with van der Waals surface area (Å²) in [5.74, 6) is 0. The number of hydrogen-bond acceptors (Lipinski definition) is 2. The fourth-order valence-corrected chi connectivity index (χ4v) is 2.54. The van der Waals surface area contributed by atoms with Gasteiger partial charge in [0.1, 0.15) is 0 Å². The van der Waals surface area contributed by atoms with Gasteiger partial charge in [-0.25, -0.2) is 0 Å². The summed E-state index contributed by atoms with van der Waals surface area (Å²) in [6, 6.07) is 8.05. The van der Waals surface area contributed by atoms with Crippen LogP contribution in [0.25, 0.3) is 0 Å². The van der Waals surface area contributed by atoms with Crippen LogP contribution in [0.4, 0.5) is 0 Å². The van der Waals surface area contributed by atoms with Crippen LogP contribution >= 0.6 is 0 Å². The van der Waals surface area contributed by atoms with E-state index in [0.717, 1.165) is 12.0 Å². The van der Waals surface area contributed by atoms with Crippen LogP contribution < -0.4 is 0 Å². The van der Waals surface area contributed by atoms with E-state index < -0.39 is 0 Å². The van der Waals surface area contributed by atoms with Crippen molar-refractivity contribution < 1.29 is 9.84 Å². The summed E-state index contributed by atoms with van der Waals surface area (Å²) in [6.07, 6.45) is 1.64. The lowest BCUT2D eigenvalue weighted by atomic mass is 9.71. The molecule has 1 N–H and O–H groups in total. The third-order valence-corrected chi connectivity index (χ3v) is 3.64. The molecule has 16 heavy (non-hydrogen) atoms. The molecule has 0 aromatic heterocycles. The first-order chi connectivity index (χ1) is 7.59. The third kappa shape index (κ3) is 1.76. The Balaban J connectivity index is 2.14. The van der Waals surface area contributed by atoms with Gasteiger partial charge in [0.15, 0.2) is 0 Å². The van der Waals surface area contributed by atoms with Gasteiger partial charge in [0.05, 0.1) is 18.8 Å². The van der Waals surface area contributed by atoms with Crippen LogP contribution in [0.3, 0.4) is 0 Å². The van der Waals surface area contributed by atoms with Crippen LogP contribution in [-0.2, 0) is 11.3 Å². The van der Waals surface area contributed by atoms with Crippen molar-refractivity contribution in [3.05, 3.63) is 35.4 Å². The Hall–Kier alpha value is -0.860. The Bertz CT molecular complexity index is 354. The van der Waals surface area contributed by atoms with E-state index in [9.17, 15) is 0 Å². The smallest absolute Gasteiger partial charge is 0.0904 e. The zero-order valence-corrected chi connectivity index (χ0v) is 10.2. The molecule has 88 valence electrons. The average molecular weight is 220 g/mol. The molecule has 1 heterocycles. The van der Waals surface area contributed by atoms with E-state index >= 15 is 0 Å². The molecule has 1 aromatic rings. The van der Waals surface area contributed by atoms with Crippen molar-refractivity contribution >= 4 is 0 Å². The number of rotatable bonds is 3. The fraction of sp³-hybridized carbons (Fsp3) is 0.571. The molecule has 1 aliphatic heterocycles. The number of hydrogen-bond donors (Lipinski definition) is 1. The van der Waals surface area contributed by atoms with Gasteiger partial charge in [0.25, 0.3) is 0 Å². The lowest BCUT2D eigenvalue weighted by Gasteiger charge is -2.52. The molecule has 2 rings (SSSR count). The standard InChI is InChI=1S/C14H20O2/c1-4-12-14(2,3)13(16-12)11-7-5-10(9-15)6-8-11/h5-8,12-13,15H,4,9H2,1-3H3. The molecular formula is C14H20O2. The van der Waals surface area contributed by atoms with E-state index in [1.165, 1.54) is 5.56 Å². The second-order valence-corrected chi connectivity index (χ2v) is 5.13. The third-order valence-electron chi connectivity index (χ3n) is 3.64. The number of ether oxygens (including phenoxy) is 1. The van der Waals surface area contributed by atoms with Gasteiger partial charge < -0.3 is 9.84 Å². The normalized spacial score (nSPS) is 27.5. The molecule has 0 spiro atoms. The van der Waals surface area contributed by atoms with Crippen molar-refractivity contribution in [2.75, 3.05) is 0 Å². The molecule has 0 radical (unpaired) electrons. The number of aliphatic hydroxyl groups is 1. The van der Waals surface area contributed by atoms with Crippen molar-refractivity contribution in [1.29, 1.82) is 0 Å². The highest BCUT2D eigenvalue weighted by Gasteiger charge is 2.49. The predicted octanol–water partition coefficient (Wildman–Crippen LogP) is 3.06. The molecule has 0 aliphatic carbocycles. The first kappa shape index (κ1) is 11.6. The SMILES string of the molecule is CCC1OC(c2ccc(CO)cc2)C1(C)C. The Morgan fingerprint density at radius 2 is 1.88 bits per heavy atom. The maximum atomic E-state index is 8.99. The fourth-order valence-electron chi connectivity index (χ4n) is 2.54. The molecular weight excluding hydrogens is 200 g/mol. The second kappa shape index (κ2) is 4.19. The maximum Gasteiger partial charge on any atom is 0.0904 e. The van der Waals surface area contributed by atoms with E-state index in [-0.39, 0.29) is 18.1 Å². The predicted molar refractivity (Wildman–Crippen MR) is 64.1 cm³/mol.